The SMILES string of the molecule is CCc1ccccc1[C@H](C(=O)O)N1CC[C@@H](OCCCCc2ccc3c(n2)NCCC3)C1. The summed E-state index contributed by atoms with van der Waals surface area (Å²) in [6.45, 7) is 5.23. The van der Waals surface area contributed by atoms with Crippen LogP contribution in [0.5, 0.6) is 0 Å². The van der Waals surface area contributed by atoms with Gasteiger partial charge in [0.2, 0.25) is 0 Å². The first kappa shape index (κ1) is 22.7. The lowest BCUT2D eigenvalue weighted by Gasteiger charge is -2.26. The van der Waals surface area contributed by atoms with Crippen LogP contribution in [0.2, 0.25) is 0 Å². The second kappa shape index (κ2) is 10.9. The van der Waals surface area contributed by atoms with Gasteiger partial charge in [-0.25, -0.2) is 4.98 Å². The summed E-state index contributed by atoms with van der Waals surface area (Å²) in [6, 6.07) is 11.7. The summed E-state index contributed by atoms with van der Waals surface area (Å²) in [5, 5.41) is 13.3. The van der Waals surface area contributed by atoms with Crippen LogP contribution in [0, 0.1) is 0 Å². The topological polar surface area (TPSA) is 74.7 Å². The van der Waals surface area contributed by atoms with E-state index in [2.05, 4.69) is 29.3 Å². The maximum atomic E-state index is 12.1. The fourth-order valence-corrected chi connectivity index (χ4v) is 4.90. The minimum absolute atomic E-state index is 0.108. The number of carboxylic acids is 1. The van der Waals surface area contributed by atoms with Crippen molar-refractivity contribution in [1.29, 1.82) is 0 Å². The van der Waals surface area contributed by atoms with Crippen LogP contribution in [0.1, 0.15) is 61.0 Å². The number of nitrogens with one attached hydrogen (secondary N) is 1. The Morgan fingerprint density at radius 1 is 1.28 bits per heavy atom. The highest BCUT2D eigenvalue weighted by molar-refractivity contribution is 5.76. The quantitative estimate of drug-likeness (QED) is 0.542. The van der Waals surface area contributed by atoms with Crippen LogP contribution in [0.15, 0.2) is 36.4 Å². The monoisotopic (exact) mass is 437 g/mol. The predicted octanol–water partition coefficient (Wildman–Crippen LogP) is 4.24. The van der Waals surface area contributed by atoms with Crippen LogP contribution in [-0.2, 0) is 28.8 Å². The van der Waals surface area contributed by atoms with E-state index < -0.39 is 12.0 Å². The number of benzene rings is 1. The second-order valence-corrected chi connectivity index (χ2v) is 8.87. The Hall–Kier alpha value is -2.44. The third-order valence-electron chi connectivity index (χ3n) is 6.64. The number of carbonyl (C=O) groups is 1. The van der Waals surface area contributed by atoms with E-state index in [1.54, 1.807) is 0 Å². The number of rotatable bonds is 10. The molecule has 4 rings (SSSR count). The number of fused-ring (bicyclic) bond motifs is 1. The van der Waals surface area contributed by atoms with E-state index in [0.29, 0.717) is 13.2 Å². The summed E-state index contributed by atoms with van der Waals surface area (Å²) in [5.74, 6) is 0.285. The Balaban J connectivity index is 1.22. The van der Waals surface area contributed by atoms with E-state index in [-0.39, 0.29) is 6.10 Å². The fraction of sp³-hybridized carbons (Fsp3) is 0.538. The number of aliphatic carboxylic acids is 1. The molecule has 2 N–H and O–H groups in total. The Kier molecular flexibility index (Phi) is 7.76. The third kappa shape index (κ3) is 5.48. The zero-order chi connectivity index (χ0) is 22.3. The second-order valence-electron chi connectivity index (χ2n) is 8.87. The van der Waals surface area contributed by atoms with Crippen LogP contribution in [0.4, 0.5) is 5.82 Å². The number of likely N-dealkylation sites (tertiary alicyclic amines) is 1. The summed E-state index contributed by atoms with van der Waals surface area (Å²) < 4.78 is 6.12. The molecule has 2 aromatic rings. The van der Waals surface area contributed by atoms with E-state index >= 15 is 0 Å². The number of aromatic nitrogens is 1. The van der Waals surface area contributed by atoms with Gasteiger partial charge < -0.3 is 15.2 Å². The van der Waals surface area contributed by atoms with Gasteiger partial charge in [-0.05, 0) is 67.7 Å². The first-order valence-corrected chi connectivity index (χ1v) is 12.0. The van der Waals surface area contributed by atoms with E-state index in [1.165, 1.54) is 12.0 Å². The molecule has 3 heterocycles. The summed E-state index contributed by atoms with van der Waals surface area (Å²) >= 11 is 0. The molecule has 0 amide bonds. The van der Waals surface area contributed by atoms with Gasteiger partial charge >= 0.3 is 5.97 Å². The third-order valence-corrected chi connectivity index (χ3v) is 6.64. The number of anilines is 1. The number of hydrogen-bond donors (Lipinski definition) is 2. The summed E-state index contributed by atoms with van der Waals surface area (Å²) in [4.78, 5) is 18.9. The maximum Gasteiger partial charge on any atom is 0.325 e. The van der Waals surface area contributed by atoms with Crippen LogP contribution in [0.3, 0.4) is 0 Å². The molecule has 0 radical (unpaired) electrons. The van der Waals surface area contributed by atoms with Crippen molar-refractivity contribution in [2.24, 2.45) is 0 Å². The highest BCUT2D eigenvalue weighted by Crippen LogP contribution is 2.29. The van der Waals surface area contributed by atoms with Gasteiger partial charge in [-0.15, -0.1) is 0 Å². The first-order valence-electron chi connectivity index (χ1n) is 12.0. The van der Waals surface area contributed by atoms with Crippen LogP contribution < -0.4 is 5.32 Å². The average Bonchev–Trinajstić information content (AvgIpc) is 3.27. The van der Waals surface area contributed by atoms with Gasteiger partial charge in [-0.3, -0.25) is 9.69 Å². The molecule has 2 atom stereocenters. The molecule has 0 aliphatic carbocycles. The Morgan fingerprint density at radius 2 is 2.16 bits per heavy atom. The number of aryl methyl sites for hydroxylation is 3. The number of nitrogens with zero attached hydrogens (tertiary/aromatic N) is 2. The molecule has 1 aromatic carbocycles. The summed E-state index contributed by atoms with van der Waals surface area (Å²) in [6.07, 6.45) is 7.13. The molecule has 6 nitrogen and oxygen atoms in total. The molecule has 1 aromatic heterocycles. The molecule has 2 aliphatic heterocycles. The smallest absolute Gasteiger partial charge is 0.325 e. The molecule has 0 bridgehead atoms. The lowest BCUT2D eigenvalue weighted by molar-refractivity contribution is -0.143. The molecule has 1 fully saturated rings. The number of ether oxygens (including phenoxy) is 1. The number of unbranched alkanes of at least 4 members (excludes halogenated alkanes) is 1. The molecule has 1 saturated heterocycles. The van der Waals surface area contributed by atoms with Gasteiger partial charge in [0, 0.05) is 31.9 Å². The molecule has 0 saturated carbocycles. The van der Waals surface area contributed by atoms with Crippen molar-refractivity contribution in [3.63, 3.8) is 0 Å². The molecule has 2 aliphatic rings. The van der Waals surface area contributed by atoms with E-state index in [0.717, 1.165) is 74.3 Å². The minimum atomic E-state index is -0.779. The first-order chi connectivity index (χ1) is 15.7. The van der Waals surface area contributed by atoms with Crippen molar-refractivity contribution in [3.8, 4) is 0 Å². The predicted molar refractivity (Wildman–Crippen MR) is 126 cm³/mol. The zero-order valence-electron chi connectivity index (χ0n) is 19.1. The molecule has 172 valence electrons. The normalized spacial score (nSPS) is 19.3. The molecular formula is C26H35N3O3. The number of carboxylic acid groups (broad SMARTS) is 1. The number of hydrogen-bond acceptors (Lipinski definition) is 5. The standard InChI is InChI=1S/C26H35N3O3/c1-2-19-8-3-4-11-23(19)24(26(30)31)29-16-14-22(18-29)32-17-6-5-10-21-13-12-20-9-7-15-27-25(20)28-21/h3-4,8,11-13,22,24H,2,5-7,9-10,14-18H2,1H3,(H,27,28)(H,30,31)/t22-,24-/m1/s1. The van der Waals surface area contributed by atoms with Crippen molar-refractivity contribution in [2.75, 3.05) is 31.6 Å². The van der Waals surface area contributed by atoms with Crippen molar-refractivity contribution >= 4 is 11.8 Å². The van der Waals surface area contributed by atoms with Gasteiger partial charge in [-0.2, -0.15) is 0 Å². The summed E-state index contributed by atoms with van der Waals surface area (Å²) in [7, 11) is 0. The molecule has 6 heteroatoms. The lowest BCUT2D eigenvalue weighted by atomic mass is 9.97. The Labute approximate surface area is 191 Å². The average molecular weight is 438 g/mol. The van der Waals surface area contributed by atoms with Gasteiger partial charge in [0.05, 0.1) is 6.10 Å². The maximum absolute atomic E-state index is 12.1. The number of pyridine rings is 1. The molecule has 0 spiro atoms. The highest BCUT2D eigenvalue weighted by atomic mass is 16.5. The molecule has 32 heavy (non-hydrogen) atoms. The molecule has 0 unspecified atom stereocenters. The van der Waals surface area contributed by atoms with Crippen molar-refractivity contribution in [1.82, 2.24) is 9.88 Å². The van der Waals surface area contributed by atoms with E-state index in [9.17, 15) is 9.90 Å². The highest BCUT2D eigenvalue weighted by Gasteiger charge is 2.34. The van der Waals surface area contributed by atoms with Crippen molar-refractivity contribution in [3.05, 3.63) is 58.8 Å². The fourth-order valence-electron chi connectivity index (χ4n) is 4.90. The molecular weight excluding hydrogens is 402 g/mol. The van der Waals surface area contributed by atoms with Crippen molar-refractivity contribution in [2.45, 2.75) is 64.0 Å². The van der Waals surface area contributed by atoms with Crippen LogP contribution in [-0.4, -0.2) is 53.3 Å². The van der Waals surface area contributed by atoms with Crippen molar-refractivity contribution < 1.29 is 14.6 Å². The zero-order valence-corrected chi connectivity index (χ0v) is 19.1. The lowest BCUT2D eigenvalue weighted by Crippen LogP contribution is -2.34. The van der Waals surface area contributed by atoms with Gasteiger partial charge in [0.1, 0.15) is 11.9 Å². The minimum Gasteiger partial charge on any atom is -0.480 e. The van der Waals surface area contributed by atoms with Gasteiger partial charge in [0.15, 0.2) is 0 Å². The van der Waals surface area contributed by atoms with E-state index in [4.69, 9.17) is 9.72 Å². The van der Waals surface area contributed by atoms with Crippen LogP contribution in [0.25, 0.3) is 0 Å². The van der Waals surface area contributed by atoms with Gasteiger partial charge in [-0.1, -0.05) is 37.3 Å². The summed E-state index contributed by atoms with van der Waals surface area (Å²) in [5.41, 5.74) is 4.49. The largest absolute Gasteiger partial charge is 0.480 e. The Morgan fingerprint density at radius 3 is 3.00 bits per heavy atom. The van der Waals surface area contributed by atoms with Crippen LogP contribution >= 0.6 is 0 Å². The Bertz CT molecular complexity index is 917. The van der Waals surface area contributed by atoms with E-state index in [1.807, 2.05) is 24.3 Å². The van der Waals surface area contributed by atoms with Gasteiger partial charge in [0.25, 0.3) is 0 Å².